The van der Waals surface area contributed by atoms with Crippen molar-refractivity contribution in [2.45, 2.75) is 20.3 Å². The summed E-state index contributed by atoms with van der Waals surface area (Å²) in [7, 11) is 0. The summed E-state index contributed by atoms with van der Waals surface area (Å²) in [6.45, 7) is 6.25. The van der Waals surface area contributed by atoms with Gasteiger partial charge in [0.15, 0.2) is 0 Å². The standard InChI is InChI=1S/C15H23NO3/c1-13(2)12-18-10-11-19-15(17)8-9-16-14-6-4-3-5-7-14/h3-7,13,16H,8-12H2,1-2H3. The summed E-state index contributed by atoms with van der Waals surface area (Å²) in [4.78, 5) is 11.4. The van der Waals surface area contributed by atoms with Gasteiger partial charge >= 0.3 is 5.97 Å². The molecule has 106 valence electrons. The second-order valence-corrected chi connectivity index (χ2v) is 4.73. The molecule has 0 aromatic heterocycles. The second-order valence-electron chi connectivity index (χ2n) is 4.73. The van der Waals surface area contributed by atoms with Gasteiger partial charge in [-0.2, -0.15) is 0 Å². The highest BCUT2D eigenvalue weighted by Gasteiger charge is 2.02. The minimum Gasteiger partial charge on any atom is -0.463 e. The van der Waals surface area contributed by atoms with Crippen LogP contribution in [0, 0.1) is 5.92 Å². The SMILES string of the molecule is CC(C)COCCOC(=O)CCNc1ccccc1. The Morgan fingerprint density at radius 3 is 2.63 bits per heavy atom. The highest BCUT2D eigenvalue weighted by atomic mass is 16.6. The quantitative estimate of drug-likeness (QED) is 0.551. The molecule has 4 nitrogen and oxygen atoms in total. The Hall–Kier alpha value is -1.55. The minimum absolute atomic E-state index is 0.198. The molecule has 0 heterocycles. The minimum atomic E-state index is -0.198. The molecule has 1 aromatic carbocycles. The maximum absolute atomic E-state index is 11.4. The van der Waals surface area contributed by atoms with Gasteiger partial charge in [-0.25, -0.2) is 0 Å². The van der Waals surface area contributed by atoms with Crippen LogP contribution >= 0.6 is 0 Å². The molecule has 0 amide bonds. The molecule has 0 atom stereocenters. The normalized spacial score (nSPS) is 10.5. The Morgan fingerprint density at radius 2 is 1.95 bits per heavy atom. The van der Waals surface area contributed by atoms with Gasteiger partial charge in [-0.1, -0.05) is 32.0 Å². The van der Waals surface area contributed by atoms with Crippen LogP contribution in [0.5, 0.6) is 0 Å². The van der Waals surface area contributed by atoms with Crippen molar-refractivity contribution in [2.75, 3.05) is 31.7 Å². The number of hydrogen-bond donors (Lipinski definition) is 1. The molecular formula is C15H23NO3. The topological polar surface area (TPSA) is 47.6 Å². The van der Waals surface area contributed by atoms with Crippen LogP contribution in [0.15, 0.2) is 30.3 Å². The van der Waals surface area contributed by atoms with E-state index in [1.54, 1.807) is 0 Å². The zero-order valence-electron chi connectivity index (χ0n) is 11.7. The number of rotatable bonds is 9. The van der Waals surface area contributed by atoms with E-state index in [1.165, 1.54) is 0 Å². The Morgan fingerprint density at radius 1 is 1.21 bits per heavy atom. The lowest BCUT2D eigenvalue weighted by atomic mass is 10.2. The average molecular weight is 265 g/mol. The molecular weight excluding hydrogens is 242 g/mol. The summed E-state index contributed by atoms with van der Waals surface area (Å²) >= 11 is 0. The number of benzene rings is 1. The fourth-order valence-electron chi connectivity index (χ4n) is 1.47. The first-order chi connectivity index (χ1) is 9.18. The molecule has 1 aromatic rings. The predicted molar refractivity (Wildman–Crippen MR) is 76.2 cm³/mol. The molecule has 0 saturated carbocycles. The number of anilines is 1. The number of ether oxygens (including phenoxy) is 2. The smallest absolute Gasteiger partial charge is 0.307 e. The third kappa shape index (κ3) is 8.21. The van der Waals surface area contributed by atoms with Crippen LogP contribution in [0.4, 0.5) is 5.69 Å². The number of carbonyl (C=O) groups excluding carboxylic acids is 1. The van der Waals surface area contributed by atoms with Crippen molar-refractivity contribution in [2.24, 2.45) is 5.92 Å². The fourth-order valence-corrected chi connectivity index (χ4v) is 1.47. The number of carbonyl (C=O) groups is 1. The van der Waals surface area contributed by atoms with E-state index >= 15 is 0 Å². The van der Waals surface area contributed by atoms with Gasteiger partial charge in [0.2, 0.25) is 0 Å². The monoisotopic (exact) mass is 265 g/mol. The summed E-state index contributed by atoms with van der Waals surface area (Å²) in [5.74, 6) is 0.308. The largest absolute Gasteiger partial charge is 0.463 e. The molecule has 0 bridgehead atoms. The predicted octanol–water partition coefficient (Wildman–Crippen LogP) is 2.70. The van der Waals surface area contributed by atoms with Crippen molar-refractivity contribution >= 4 is 11.7 Å². The summed E-state index contributed by atoms with van der Waals surface area (Å²) < 4.78 is 10.4. The molecule has 19 heavy (non-hydrogen) atoms. The highest BCUT2D eigenvalue weighted by molar-refractivity contribution is 5.70. The zero-order valence-corrected chi connectivity index (χ0v) is 11.7. The number of hydrogen-bond acceptors (Lipinski definition) is 4. The summed E-state index contributed by atoms with van der Waals surface area (Å²) in [5, 5.41) is 3.16. The van der Waals surface area contributed by atoms with Crippen LogP contribution < -0.4 is 5.32 Å². The molecule has 0 saturated heterocycles. The number of nitrogens with one attached hydrogen (secondary N) is 1. The molecule has 0 spiro atoms. The molecule has 0 aliphatic heterocycles. The Kier molecular flexibility index (Phi) is 7.66. The lowest BCUT2D eigenvalue weighted by molar-refractivity contribution is -0.144. The van der Waals surface area contributed by atoms with Crippen molar-refractivity contribution in [1.29, 1.82) is 0 Å². The van der Waals surface area contributed by atoms with E-state index < -0.39 is 0 Å². The van der Waals surface area contributed by atoms with Gasteiger partial charge in [-0.3, -0.25) is 4.79 Å². The van der Waals surface area contributed by atoms with E-state index in [2.05, 4.69) is 19.2 Å². The van der Waals surface area contributed by atoms with Crippen LogP contribution in [0.2, 0.25) is 0 Å². The van der Waals surface area contributed by atoms with Gasteiger partial charge in [0, 0.05) is 18.8 Å². The van der Waals surface area contributed by atoms with Gasteiger partial charge in [0.1, 0.15) is 6.61 Å². The fraction of sp³-hybridized carbons (Fsp3) is 0.533. The lowest BCUT2D eigenvalue weighted by Crippen LogP contribution is -2.15. The van der Waals surface area contributed by atoms with Crippen LogP contribution in [-0.4, -0.2) is 32.3 Å². The zero-order chi connectivity index (χ0) is 13.9. The molecule has 0 fully saturated rings. The molecule has 0 unspecified atom stereocenters. The molecule has 4 heteroatoms. The van der Waals surface area contributed by atoms with E-state index in [0.717, 1.165) is 5.69 Å². The molecule has 1 rings (SSSR count). The van der Waals surface area contributed by atoms with E-state index in [9.17, 15) is 4.79 Å². The van der Waals surface area contributed by atoms with Gasteiger partial charge < -0.3 is 14.8 Å². The van der Waals surface area contributed by atoms with Gasteiger partial charge in [0.25, 0.3) is 0 Å². The third-order valence-corrected chi connectivity index (χ3v) is 2.37. The second kappa shape index (κ2) is 9.39. The highest BCUT2D eigenvalue weighted by Crippen LogP contribution is 2.04. The van der Waals surface area contributed by atoms with E-state index in [0.29, 0.717) is 38.7 Å². The summed E-state index contributed by atoms with van der Waals surface area (Å²) in [6, 6.07) is 9.78. The third-order valence-electron chi connectivity index (χ3n) is 2.37. The lowest BCUT2D eigenvalue weighted by Gasteiger charge is -2.08. The summed E-state index contributed by atoms with van der Waals surface area (Å²) in [6.07, 6.45) is 0.360. The first-order valence-corrected chi connectivity index (χ1v) is 6.71. The molecule has 0 aliphatic rings. The van der Waals surface area contributed by atoms with Crippen molar-refractivity contribution < 1.29 is 14.3 Å². The Balaban J connectivity index is 1.99. The molecule has 1 N–H and O–H groups in total. The van der Waals surface area contributed by atoms with Gasteiger partial charge in [-0.15, -0.1) is 0 Å². The first-order valence-electron chi connectivity index (χ1n) is 6.71. The van der Waals surface area contributed by atoms with E-state index in [-0.39, 0.29) is 5.97 Å². The Labute approximate surface area is 115 Å². The number of para-hydroxylation sites is 1. The maximum atomic E-state index is 11.4. The van der Waals surface area contributed by atoms with Crippen molar-refractivity contribution in [3.63, 3.8) is 0 Å². The molecule has 0 radical (unpaired) electrons. The van der Waals surface area contributed by atoms with Crippen molar-refractivity contribution in [3.05, 3.63) is 30.3 Å². The molecule has 0 aliphatic carbocycles. The van der Waals surface area contributed by atoms with Gasteiger partial charge in [-0.05, 0) is 18.1 Å². The first kappa shape index (κ1) is 15.5. The van der Waals surface area contributed by atoms with Gasteiger partial charge in [0.05, 0.1) is 13.0 Å². The average Bonchev–Trinajstić information content (AvgIpc) is 2.39. The van der Waals surface area contributed by atoms with Crippen LogP contribution in [0.3, 0.4) is 0 Å². The van der Waals surface area contributed by atoms with Crippen LogP contribution in [0.25, 0.3) is 0 Å². The van der Waals surface area contributed by atoms with Crippen LogP contribution in [-0.2, 0) is 14.3 Å². The van der Waals surface area contributed by atoms with Crippen molar-refractivity contribution in [3.8, 4) is 0 Å². The van der Waals surface area contributed by atoms with Crippen molar-refractivity contribution in [1.82, 2.24) is 0 Å². The van der Waals surface area contributed by atoms with Crippen LogP contribution in [0.1, 0.15) is 20.3 Å². The summed E-state index contributed by atoms with van der Waals surface area (Å²) in [5.41, 5.74) is 1.01. The number of esters is 1. The maximum Gasteiger partial charge on any atom is 0.307 e. The van der Waals surface area contributed by atoms with E-state index in [4.69, 9.17) is 9.47 Å². The Bertz CT molecular complexity index is 352. The van der Waals surface area contributed by atoms with E-state index in [1.807, 2.05) is 30.3 Å².